The summed E-state index contributed by atoms with van der Waals surface area (Å²) in [6.07, 6.45) is 5.64. The highest BCUT2D eigenvalue weighted by molar-refractivity contribution is 6.31. The van der Waals surface area contributed by atoms with Crippen molar-refractivity contribution in [3.8, 4) is 0 Å². The highest BCUT2D eigenvalue weighted by atomic mass is 35.5. The van der Waals surface area contributed by atoms with Gasteiger partial charge in [-0.05, 0) is 17.7 Å². The van der Waals surface area contributed by atoms with Gasteiger partial charge in [-0.2, -0.15) is 0 Å². The first-order chi connectivity index (χ1) is 8.13. The van der Waals surface area contributed by atoms with Crippen LogP contribution in [0.2, 0.25) is 5.02 Å². The van der Waals surface area contributed by atoms with Crippen LogP contribution in [-0.2, 0) is 4.84 Å². The molecule has 92 valence electrons. The summed E-state index contributed by atoms with van der Waals surface area (Å²) in [4.78, 5) is 9.04. The van der Waals surface area contributed by atoms with Crippen LogP contribution < -0.4 is 17.1 Å². The Bertz CT molecular complexity index is 428. The summed E-state index contributed by atoms with van der Waals surface area (Å²) in [5.74, 6) is 0.533. The van der Waals surface area contributed by atoms with E-state index < -0.39 is 0 Å². The summed E-state index contributed by atoms with van der Waals surface area (Å²) in [6.45, 7) is 1.93. The van der Waals surface area contributed by atoms with E-state index in [4.69, 9.17) is 27.9 Å². The number of aromatic nitrogens is 1. The highest BCUT2D eigenvalue weighted by Gasteiger charge is 2.00. The molecule has 6 nitrogen and oxygen atoms in total. The first kappa shape index (κ1) is 13.1. The van der Waals surface area contributed by atoms with Crippen LogP contribution in [0.15, 0.2) is 29.3 Å². The van der Waals surface area contributed by atoms with Crippen LogP contribution in [0.5, 0.6) is 0 Å². The van der Waals surface area contributed by atoms with Crippen molar-refractivity contribution in [2.24, 2.45) is 16.6 Å². The monoisotopic (exact) mass is 255 g/mol. The van der Waals surface area contributed by atoms with Gasteiger partial charge >= 0.3 is 0 Å². The number of guanidine groups is 1. The summed E-state index contributed by atoms with van der Waals surface area (Å²) in [5.41, 5.74) is 13.4. The van der Waals surface area contributed by atoms with E-state index in [2.05, 4.69) is 15.7 Å². The smallest absolute Gasteiger partial charge is 0.211 e. The molecule has 0 saturated carbocycles. The van der Waals surface area contributed by atoms with Crippen LogP contribution in [0.25, 0.3) is 6.08 Å². The van der Waals surface area contributed by atoms with Crippen molar-refractivity contribution in [3.63, 3.8) is 0 Å². The van der Waals surface area contributed by atoms with Gasteiger partial charge in [0.15, 0.2) is 0 Å². The molecule has 0 radical (unpaired) electrons. The standard InChI is InChI=1S/C10H14ClN5O/c1-2-8(17-16-15-10(12)13)5-7-3-4-14-6-9(7)11/h3-6,16H,2H2,1H3,(H4,12,13,15)/b8-5+. The van der Waals surface area contributed by atoms with E-state index in [0.717, 1.165) is 5.56 Å². The van der Waals surface area contributed by atoms with Gasteiger partial charge < -0.3 is 16.3 Å². The number of nitrogens with one attached hydrogen (secondary N) is 1. The van der Waals surface area contributed by atoms with Crippen molar-refractivity contribution in [2.45, 2.75) is 13.3 Å². The number of hydrogen-bond donors (Lipinski definition) is 3. The Balaban J connectivity index is 2.73. The molecular formula is C10H14ClN5O. The summed E-state index contributed by atoms with van der Waals surface area (Å²) < 4.78 is 0. The molecule has 5 N–H and O–H groups in total. The summed E-state index contributed by atoms with van der Waals surface area (Å²) >= 11 is 5.96. The van der Waals surface area contributed by atoms with Gasteiger partial charge in [0, 0.05) is 18.8 Å². The average Bonchev–Trinajstić information content (AvgIpc) is 2.30. The van der Waals surface area contributed by atoms with Crippen LogP contribution >= 0.6 is 11.6 Å². The van der Waals surface area contributed by atoms with Gasteiger partial charge in [-0.25, -0.2) is 0 Å². The zero-order valence-electron chi connectivity index (χ0n) is 9.35. The molecule has 17 heavy (non-hydrogen) atoms. The Morgan fingerprint density at radius 1 is 1.65 bits per heavy atom. The van der Waals surface area contributed by atoms with Crippen LogP contribution in [0.4, 0.5) is 0 Å². The van der Waals surface area contributed by atoms with Gasteiger partial charge in [-0.3, -0.25) is 4.98 Å². The molecular weight excluding hydrogens is 242 g/mol. The van der Waals surface area contributed by atoms with E-state index in [0.29, 0.717) is 17.2 Å². The Hall–Kier alpha value is -1.95. The van der Waals surface area contributed by atoms with Gasteiger partial charge in [0.05, 0.1) is 5.02 Å². The lowest BCUT2D eigenvalue weighted by Crippen LogP contribution is -2.26. The fourth-order valence-electron chi connectivity index (χ4n) is 1.01. The van der Waals surface area contributed by atoms with Crippen molar-refractivity contribution in [2.75, 3.05) is 0 Å². The van der Waals surface area contributed by atoms with E-state index in [9.17, 15) is 0 Å². The zero-order valence-corrected chi connectivity index (χ0v) is 10.1. The number of hydrazone groups is 1. The van der Waals surface area contributed by atoms with Gasteiger partial charge in [0.2, 0.25) is 5.96 Å². The molecule has 0 atom stereocenters. The van der Waals surface area contributed by atoms with E-state index in [1.165, 1.54) is 0 Å². The maximum absolute atomic E-state index is 5.96. The molecule has 0 aliphatic rings. The molecule has 0 fully saturated rings. The fraction of sp³-hybridized carbons (Fsp3) is 0.200. The molecule has 0 aliphatic carbocycles. The quantitative estimate of drug-likeness (QED) is 0.318. The Labute approximate surface area is 104 Å². The third-order valence-corrected chi connectivity index (χ3v) is 2.14. The summed E-state index contributed by atoms with van der Waals surface area (Å²) in [7, 11) is 0. The maximum atomic E-state index is 5.96. The van der Waals surface area contributed by atoms with Crippen molar-refractivity contribution in [1.29, 1.82) is 0 Å². The Morgan fingerprint density at radius 3 is 3.00 bits per heavy atom. The third-order valence-electron chi connectivity index (χ3n) is 1.82. The minimum atomic E-state index is -0.109. The molecule has 0 aromatic carbocycles. The zero-order chi connectivity index (χ0) is 12.7. The SMILES string of the molecule is CC/C(=C\c1ccncc1Cl)ONN=C(N)N. The average molecular weight is 256 g/mol. The minimum Gasteiger partial charge on any atom is -0.370 e. The molecule has 1 heterocycles. The third kappa shape index (κ3) is 4.60. The first-order valence-corrected chi connectivity index (χ1v) is 5.31. The Kier molecular flexibility index (Phi) is 5.09. The number of nitrogens with two attached hydrogens (primary N) is 2. The second-order valence-electron chi connectivity index (χ2n) is 3.09. The van der Waals surface area contributed by atoms with Crippen LogP contribution in [0.1, 0.15) is 18.9 Å². The predicted molar refractivity (Wildman–Crippen MR) is 67.5 cm³/mol. The highest BCUT2D eigenvalue weighted by Crippen LogP contribution is 2.18. The van der Waals surface area contributed by atoms with E-state index >= 15 is 0 Å². The molecule has 0 spiro atoms. The molecule has 0 aliphatic heterocycles. The van der Waals surface area contributed by atoms with Crippen molar-refractivity contribution in [1.82, 2.24) is 10.6 Å². The summed E-state index contributed by atoms with van der Waals surface area (Å²) in [6, 6.07) is 1.78. The molecule has 1 rings (SSSR count). The lowest BCUT2D eigenvalue weighted by molar-refractivity contribution is 0.105. The summed E-state index contributed by atoms with van der Waals surface area (Å²) in [5, 5.41) is 4.04. The van der Waals surface area contributed by atoms with E-state index in [-0.39, 0.29) is 5.96 Å². The van der Waals surface area contributed by atoms with Crippen LogP contribution in [0, 0.1) is 0 Å². The van der Waals surface area contributed by atoms with Crippen LogP contribution in [0.3, 0.4) is 0 Å². The molecule has 1 aromatic heterocycles. The number of allylic oxidation sites excluding steroid dienone is 1. The van der Waals surface area contributed by atoms with Crippen molar-refractivity contribution >= 4 is 23.6 Å². The normalized spacial score (nSPS) is 10.8. The van der Waals surface area contributed by atoms with E-state index in [1.807, 2.05) is 6.92 Å². The molecule has 7 heteroatoms. The van der Waals surface area contributed by atoms with Gasteiger partial charge in [0.1, 0.15) is 5.76 Å². The number of pyridine rings is 1. The topological polar surface area (TPSA) is 98.5 Å². The van der Waals surface area contributed by atoms with Crippen molar-refractivity contribution < 1.29 is 4.84 Å². The van der Waals surface area contributed by atoms with Crippen molar-refractivity contribution in [3.05, 3.63) is 34.8 Å². The number of rotatable bonds is 5. The van der Waals surface area contributed by atoms with E-state index in [1.54, 1.807) is 24.5 Å². The molecule has 1 aromatic rings. The molecule has 0 saturated heterocycles. The molecule has 0 amide bonds. The van der Waals surface area contributed by atoms with Gasteiger partial charge in [0.25, 0.3) is 0 Å². The maximum Gasteiger partial charge on any atom is 0.211 e. The number of nitrogens with zero attached hydrogens (tertiary/aromatic N) is 2. The first-order valence-electron chi connectivity index (χ1n) is 4.94. The Morgan fingerprint density at radius 2 is 2.41 bits per heavy atom. The molecule has 0 unspecified atom stereocenters. The largest absolute Gasteiger partial charge is 0.370 e. The van der Waals surface area contributed by atoms with Gasteiger partial charge in [-0.15, -0.1) is 10.7 Å². The lowest BCUT2D eigenvalue weighted by Gasteiger charge is -2.06. The van der Waals surface area contributed by atoms with Crippen LogP contribution in [-0.4, -0.2) is 10.9 Å². The second-order valence-corrected chi connectivity index (χ2v) is 3.50. The predicted octanol–water partition coefficient (Wildman–Crippen LogP) is 1.20. The number of hydrogen-bond acceptors (Lipinski definition) is 4. The fourth-order valence-corrected chi connectivity index (χ4v) is 1.19. The molecule has 0 bridgehead atoms. The number of halogens is 1. The minimum absolute atomic E-state index is 0.109. The second kappa shape index (κ2) is 6.59. The lowest BCUT2D eigenvalue weighted by atomic mass is 10.2. The van der Waals surface area contributed by atoms with Gasteiger partial charge in [-0.1, -0.05) is 18.5 Å².